The largest absolute Gasteiger partial charge is 0.393 e. The van der Waals surface area contributed by atoms with Crippen molar-refractivity contribution in [1.29, 1.82) is 0 Å². The number of aliphatic hydroxyl groups is 1. The second-order valence-electron chi connectivity index (χ2n) is 7.46. The van der Waals surface area contributed by atoms with Crippen molar-refractivity contribution in [3.8, 4) is 0 Å². The molecule has 1 aromatic carbocycles. The highest BCUT2D eigenvalue weighted by molar-refractivity contribution is 5.73. The van der Waals surface area contributed by atoms with E-state index >= 15 is 0 Å². The number of nitrogens with zero attached hydrogens (tertiary/aromatic N) is 1. The predicted octanol–water partition coefficient (Wildman–Crippen LogP) is 3.29. The van der Waals surface area contributed by atoms with Gasteiger partial charge < -0.3 is 15.3 Å². The van der Waals surface area contributed by atoms with Gasteiger partial charge in [-0.1, -0.05) is 45.0 Å². The van der Waals surface area contributed by atoms with E-state index in [4.69, 9.17) is 0 Å². The van der Waals surface area contributed by atoms with Crippen LogP contribution in [0.4, 0.5) is 4.79 Å². The second kappa shape index (κ2) is 7.35. The molecule has 1 aliphatic carbocycles. The van der Waals surface area contributed by atoms with Gasteiger partial charge in [0.2, 0.25) is 0 Å². The molecule has 0 heterocycles. The lowest BCUT2D eigenvalue weighted by Crippen LogP contribution is -2.43. The molecular weight excluding hydrogens is 288 g/mol. The Hall–Kier alpha value is -1.55. The summed E-state index contributed by atoms with van der Waals surface area (Å²) in [4.78, 5) is 13.8. The molecule has 0 saturated heterocycles. The first-order valence-electron chi connectivity index (χ1n) is 8.58. The van der Waals surface area contributed by atoms with Gasteiger partial charge in [0.05, 0.1) is 6.10 Å². The standard InChI is InChI=1S/C19H30N2O2/c1-5-19(2,3)16-8-6-14(7-9-16)12-20-18(23)21(4)13-15-10-17(22)11-15/h6-9,15,17,22H,5,10-13H2,1-4H3,(H,20,23). The van der Waals surface area contributed by atoms with E-state index in [2.05, 4.69) is 50.4 Å². The maximum Gasteiger partial charge on any atom is 0.317 e. The Morgan fingerprint density at radius 1 is 1.30 bits per heavy atom. The fraction of sp³-hybridized carbons (Fsp3) is 0.632. The van der Waals surface area contributed by atoms with Gasteiger partial charge in [0, 0.05) is 20.1 Å². The van der Waals surface area contributed by atoms with Crippen LogP contribution < -0.4 is 5.32 Å². The topological polar surface area (TPSA) is 52.6 Å². The monoisotopic (exact) mass is 318 g/mol. The fourth-order valence-electron chi connectivity index (χ4n) is 2.91. The third-order valence-electron chi connectivity index (χ3n) is 5.15. The Balaban J connectivity index is 1.79. The minimum Gasteiger partial charge on any atom is -0.393 e. The average molecular weight is 318 g/mol. The lowest BCUT2D eigenvalue weighted by atomic mass is 9.82. The Bertz CT molecular complexity index is 519. The number of benzene rings is 1. The van der Waals surface area contributed by atoms with E-state index in [1.54, 1.807) is 4.90 Å². The van der Waals surface area contributed by atoms with Gasteiger partial charge in [-0.15, -0.1) is 0 Å². The molecule has 4 heteroatoms. The summed E-state index contributed by atoms with van der Waals surface area (Å²) in [5.74, 6) is 0.441. The highest BCUT2D eigenvalue weighted by Gasteiger charge is 2.29. The van der Waals surface area contributed by atoms with Crippen LogP contribution in [-0.2, 0) is 12.0 Å². The Morgan fingerprint density at radius 2 is 1.91 bits per heavy atom. The molecular formula is C19H30N2O2. The highest BCUT2D eigenvalue weighted by atomic mass is 16.3. The minimum absolute atomic E-state index is 0.0515. The first-order valence-corrected chi connectivity index (χ1v) is 8.58. The van der Waals surface area contributed by atoms with Crippen LogP contribution in [0.3, 0.4) is 0 Å². The number of carbonyl (C=O) groups excluding carboxylic acids is 1. The number of carbonyl (C=O) groups is 1. The number of amides is 2. The zero-order valence-electron chi connectivity index (χ0n) is 14.8. The van der Waals surface area contributed by atoms with Crippen molar-refractivity contribution in [2.45, 2.75) is 58.1 Å². The second-order valence-corrected chi connectivity index (χ2v) is 7.46. The molecule has 0 atom stereocenters. The van der Waals surface area contributed by atoms with Crippen molar-refractivity contribution >= 4 is 6.03 Å². The normalized spacial score (nSPS) is 20.7. The maximum absolute atomic E-state index is 12.1. The highest BCUT2D eigenvalue weighted by Crippen LogP contribution is 2.28. The number of nitrogens with one attached hydrogen (secondary N) is 1. The van der Waals surface area contributed by atoms with Gasteiger partial charge in [0.1, 0.15) is 0 Å². The third kappa shape index (κ3) is 4.71. The number of aliphatic hydroxyl groups excluding tert-OH is 1. The molecule has 0 aliphatic heterocycles. The summed E-state index contributed by atoms with van der Waals surface area (Å²) < 4.78 is 0. The van der Waals surface area contributed by atoms with Crippen LogP contribution in [-0.4, -0.2) is 35.7 Å². The molecule has 0 unspecified atom stereocenters. The number of hydrogen-bond donors (Lipinski definition) is 2. The molecule has 2 rings (SSSR count). The SMILES string of the molecule is CCC(C)(C)c1ccc(CNC(=O)N(C)CC2CC(O)C2)cc1. The van der Waals surface area contributed by atoms with Crippen LogP contribution in [0.2, 0.25) is 0 Å². The zero-order valence-corrected chi connectivity index (χ0v) is 14.8. The summed E-state index contributed by atoms with van der Waals surface area (Å²) >= 11 is 0. The summed E-state index contributed by atoms with van der Waals surface area (Å²) in [6.07, 6.45) is 2.56. The fourth-order valence-corrected chi connectivity index (χ4v) is 2.91. The van der Waals surface area contributed by atoms with Crippen molar-refractivity contribution < 1.29 is 9.90 Å². The van der Waals surface area contributed by atoms with Crippen LogP contribution in [0, 0.1) is 5.92 Å². The van der Waals surface area contributed by atoms with Gasteiger partial charge in [-0.2, -0.15) is 0 Å². The molecule has 1 fully saturated rings. The maximum atomic E-state index is 12.1. The van der Waals surface area contributed by atoms with Gasteiger partial charge in [0.25, 0.3) is 0 Å². The van der Waals surface area contributed by atoms with E-state index in [9.17, 15) is 9.90 Å². The molecule has 1 saturated carbocycles. The van der Waals surface area contributed by atoms with E-state index in [0.29, 0.717) is 19.0 Å². The van der Waals surface area contributed by atoms with Crippen LogP contribution in [0.5, 0.6) is 0 Å². The van der Waals surface area contributed by atoms with E-state index < -0.39 is 0 Å². The molecule has 0 spiro atoms. The summed E-state index contributed by atoms with van der Waals surface area (Å²) in [6.45, 7) is 7.95. The van der Waals surface area contributed by atoms with Crippen molar-refractivity contribution in [2.75, 3.05) is 13.6 Å². The Labute approximate surface area is 139 Å². The first-order chi connectivity index (χ1) is 10.8. The molecule has 128 valence electrons. The number of hydrogen-bond acceptors (Lipinski definition) is 2. The van der Waals surface area contributed by atoms with E-state index in [0.717, 1.165) is 24.8 Å². The minimum atomic E-state index is -0.164. The zero-order chi connectivity index (χ0) is 17.0. The van der Waals surface area contributed by atoms with Gasteiger partial charge in [-0.3, -0.25) is 0 Å². The molecule has 0 radical (unpaired) electrons. The third-order valence-corrected chi connectivity index (χ3v) is 5.15. The summed E-state index contributed by atoms with van der Waals surface area (Å²) in [5, 5.41) is 12.3. The lowest BCUT2D eigenvalue weighted by Gasteiger charge is -2.34. The van der Waals surface area contributed by atoms with Gasteiger partial charge in [-0.05, 0) is 41.7 Å². The number of rotatable bonds is 6. The van der Waals surface area contributed by atoms with Gasteiger partial charge in [-0.25, -0.2) is 4.79 Å². The molecule has 2 amide bonds. The van der Waals surface area contributed by atoms with Gasteiger partial charge >= 0.3 is 6.03 Å². The van der Waals surface area contributed by atoms with Crippen molar-refractivity contribution in [3.63, 3.8) is 0 Å². The lowest BCUT2D eigenvalue weighted by molar-refractivity contribution is 0.0325. The molecule has 0 bridgehead atoms. The number of urea groups is 1. The van der Waals surface area contributed by atoms with E-state index in [-0.39, 0.29) is 17.6 Å². The molecule has 23 heavy (non-hydrogen) atoms. The van der Waals surface area contributed by atoms with Crippen LogP contribution >= 0.6 is 0 Å². The van der Waals surface area contributed by atoms with Gasteiger partial charge in [0.15, 0.2) is 0 Å². The molecule has 4 nitrogen and oxygen atoms in total. The van der Waals surface area contributed by atoms with Crippen LogP contribution in [0.25, 0.3) is 0 Å². The average Bonchev–Trinajstić information content (AvgIpc) is 2.51. The quantitative estimate of drug-likeness (QED) is 0.845. The molecule has 1 aliphatic rings. The summed E-state index contributed by atoms with van der Waals surface area (Å²) in [5.41, 5.74) is 2.63. The Morgan fingerprint density at radius 3 is 2.43 bits per heavy atom. The van der Waals surface area contributed by atoms with E-state index in [1.165, 1.54) is 5.56 Å². The first kappa shape index (κ1) is 17.8. The summed E-state index contributed by atoms with van der Waals surface area (Å²) in [7, 11) is 1.81. The molecule has 1 aromatic rings. The predicted molar refractivity (Wildman–Crippen MR) is 93.4 cm³/mol. The molecule has 2 N–H and O–H groups in total. The smallest absolute Gasteiger partial charge is 0.317 e. The van der Waals surface area contributed by atoms with Crippen molar-refractivity contribution in [3.05, 3.63) is 35.4 Å². The van der Waals surface area contributed by atoms with Crippen molar-refractivity contribution in [1.82, 2.24) is 10.2 Å². The molecule has 0 aromatic heterocycles. The van der Waals surface area contributed by atoms with Crippen LogP contribution in [0.1, 0.15) is 51.2 Å². The summed E-state index contributed by atoms with van der Waals surface area (Å²) in [6, 6.07) is 8.45. The van der Waals surface area contributed by atoms with Crippen LogP contribution in [0.15, 0.2) is 24.3 Å². The Kier molecular flexibility index (Phi) is 5.69. The van der Waals surface area contributed by atoms with Crippen molar-refractivity contribution in [2.24, 2.45) is 5.92 Å². The van der Waals surface area contributed by atoms with E-state index in [1.807, 2.05) is 7.05 Å².